The number of ether oxygens (including phenoxy) is 2. The zero-order valence-electron chi connectivity index (χ0n) is 15.8. The molecule has 2 aromatic heterocycles. The van der Waals surface area contributed by atoms with Gasteiger partial charge < -0.3 is 14.8 Å². The van der Waals surface area contributed by atoms with Gasteiger partial charge in [-0.2, -0.15) is 0 Å². The van der Waals surface area contributed by atoms with Gasteiger partial charge in [-0.1, -0.05) is 18.2 Å². The lowest BCUT2D eigenvalue weighted by atomic mass is 10.2. The largest absolute Gasteiger partial charge is 0.493 e. The minimum absolute atomic E-state index is 0.204. The monoisotopic (exact) mass is 422 g/mol. The van der Waals surface area contributed by atoms with Crippen LogP contribution in [0, 0.1) is 0 Å². The number of thiazole rings is 1. The molecule has 4 aromatic rings. The number of nitrogens with zero attached hydrogens (tertiary/aromatic N) is 1. The molecule has 1 N–H and O–H groups in total. The molecule has 146 valence electrons. The number of amides is 1. The van der Waals surface area contributed by atoms with E-state index in [-0.39, 0.29) is 5.91 Å². The van der Waals surface area contributed by atoms with Crippen LogP contribution in [0.15, 0.2) is 60.0 Å². The van der Waals surface area contributed by atoms with E-state index in [9.17, 15) is 4.79 Å². The minimum atomic E-state index is -0.204. The fourth-order valence-corrected chi connectivity index (χ4v) is 4.70. The van der Waals surface area contributed by atoms with Crippen LogP contribution in [0.25, 0.3) is 26.9 Å². The maximum Gasteiger partial charge on any atom is 0.249 e. The lowest BCUT2D eigenvalue weighted by Crippen LogP contribution is -2.07. The second-order valence-corrected chi connectivity index (χ2v) is 8.03. The van der Waals surface area contributed by atoms with E-state index < -0.39 is 0 Å². The molecule has 0 atom stereocenters. The Morgan fingerprint density at radius 1 is 1.07 bits per heavy atom. The van der Waals surface area contributed by atoms with Gasteiger partial charge in [0.25, 0.3) is 0 Å². The predicted molar refractivity (Wildman–Crippen MR) is 120 cm³/mol. The number of nitrogens with one attached hydrogen (secondary N) is 1. The molecular formula is C22H18N2O3S2. The molecule has 7 heteroatoms. The van der Waals surface area contributed by atoms with Gasteiger partial charge in [-0.3, -0.25) is 4.79 Å². The molecule has 2 aromatic carbocycles. The lowest BCUT2D eigenvalue weighted by molar-refractivity contribution is -0.111. The topological polar surface area (TPSA) is 60.5 Å². The number of rotatable bonds is 6. The number of thiophene rings is 1. The standard InChI is InChI=1S/C22H18N2O3S2/c1-26-17-9-7-14(13-18(17)27-2)8-10-20(25)24-21-15(11-12-28-21)22-23-16-5-3-4-6-19(16)29-22/h3-13H,1-2H3,(H,24,25)/b10-8+. The van der Waals surface area contributed by atoms with Crippen LogP contribution < -0.4 is 14.8 Å². The van der Waals surface area contributed by atoms with E-state index >= 15 is 0 Å². The molecule has 0 unspecified atom stereocenters. The van der Waals surface area contributed by atoms with Crippen molar-refractivity contribution in [2.24, 2.45) is 0 Å². The molecule has 0 aliphatic rings. The molecule has 0 aliphatic carbocycles. The van der Waals surface area contributed by atoms with E-state index in [1.807, 2.05) is 47.8 Å². The van der Waals surface area contributed by atoms with Crippen LogP contribution in [-0.2, 0) is 4.79 Å². The highest BCUT2D eigenvalue weighted by Gasteiger charge is 2.13. The van der Waals surface area contributed by atoms with Gasteiger partial charge in [0, 0.05) is 11.6 Å². The summed E-state index contributed by atoms with van der Waals surface area (Å²) in [5, 5.41) is 6.59. The molecule has 0 saturated heterocycles. The Labute approximate surface area is 176 Å². The van der Waals surface area contributed by atoms with E-state index in [1.165, 1.54) is 17.4 Å². The maximum atomic E-state index is 12.5. The molecular weight excluding hydrogens is 404 g/mol. The fraction of sp³-hybridized carbons (Fsp3) is 0.0909. The summed E-state index contributed by atoms with van der Waals surface area (Å²) >= 11 is 3.09. The number of benzene rings is 2. The van der Waals surface area contributed by atoms with Crippen LogP contribution in [-0.4, -0.2) is 25.1 Å². The summed E-state index contributed by atoms with van der Waals surface area (Å²) in [6.07, 6.45) is 3.24. The van der Waals surface area contributed by atoms with Crippen molar-refractivity contribution in [1.29, 1.82) is 0 Å². The Bertz CT molecular complexity index is 1160. The van der Waals surface area contributed by atoms with Crippen LogP contribution in [0.3, 0.4) is 0 Å². The van der Waals surface area contributed by atoms with Crippen molar-refractivity contribution in [2.45, 2.75) is 0 Å². The highest BCUT2D eigenvalue weighted by Crippen LogP contribution is 2.37. The predicted octanol–water partition coefficient (Wildman–Crippen LogP) is 5.69. The Kier molecular flexibility index (Phi) is 5.59. The zero-order chi connectivity index (χ0) is 20.2. The van der Waals surface area contributed by atoms with E-state index in [4.69, 9.17) is 9.47 Å². The molecule has 0 bridgehead atoms. The number of aromatic nitrogens is 1. The number of para-hydroxylation sites is 1. The van der Waals surface area contributed by atoms with Gasteiger partial charge >= 0.3 is 0 Å². The van der Waals surface area contributed by atoms with Gasteiger partial charge in [-0.15, -0.1) is 22.7 Å². The Morgan fingerprint density at radius 2 is 1.90 bits per heavy atom. The molecule has 0 spiro atoms. The summed E-state index contributed by atoms with van der Waals surface area (Å²) in [6.45, 7) is 0. The number of fused-ring (bicyclic) bond motifs is 1. The number of carbonyl (C=O) groups is 1. The quantitative estimate of drug-likeness (QED) is 0.405. The molecule has 29 heavy (non-hydrogen) atoms. The van der Waals surface area contributed by atoms with Gasteiger partial charge in [0.15, 0.2) is 11.5 Å². The molecule has 1 amide bonds. The first-order valence-corrected chi connectivity index (χ1v) is 10.5. The Balaban J connectivity index is 1.51. The van der Waals surface area contributed by atoms with E-state index in [0.717, 1.165) is 31.4 Å². The number of methoxy groups -OCH3 is 2. The normalized spacial score (nSPS) is 11.1. The minimum Gasteiger partial charge on any atom is -0.493 e. The van der Waals surface area contributed by atoms with E-state index in [1.54, 1.807) is 37.7 Å². The summed E-state index contributed by atoms with van der Waals surface area (Å²) < 4.78 is 11.7. The number of anilines is 1. The summed E-state index contributed by atoms with van der Waals surface area (Å²) in [4.78, 5) is 17.1. The van der Waals surface area contributed by atoms with Gasteiger partial charge in [0.2, 0.25) is 5.91 Å². The van der Waals surface area contributed by atoms with E-state index in [0.29, 0.717) is 11.5 Å². The van der Waals surface area contributed by atoms with Crippen molar-refractivity contribution < 1.29 is 14.3 Å². The van der Waals surface area contributed by atoms with Crippen molar-refractivity contribution in [1.82, 2.24) is 4.98 Å². The lowest BCUT2D eigenvalue weighted by Gasteiger charge is -2.07. The SMILES string of the molecule is COc1ccc(/C=C/C(=O)Nc2sccc2-c2nc3ccccc3s2)cc1OC. The van der Waals surface area contributed by atoms with Crippen LogP contribution in [0.1, 0.15) is 5.56 Å². The smallest absolute Gasteiger partial charge is 0.249 e. The van der Waals surface area contributed by atoms with Crippen LogP contribution in [0.2, 0.25) is 0 Å². The molecule has 0 aliphatic heterocycles. The molecule has 0 fully saturated rings. The van der Waals surface area contributed by atoms with Crippen molar-refractivity contribution in [3.63, 3.8) is 0 Å². The van der Waals surface area contributed by atoms with Crippen molar-refractivity contribution in [2.75, 3.05) is 19.5 Å². The maximum absolute atomic E-state index is 12.5. The van der Waals surface area contributed by atoms with E-state index in [2.05, 4.69) is 10.3 Å². The van der Waals surface area contributed by atoms with Crippen molar-refractivity contribution in [3.8, 4) is 22.1 Å². The Morgan fingerprint density at radius 3 is 2.69 bits per heavy atom. The first kappa shape index (κ1) is 19.2. The molecule has 0 radical (unpaired) electrons. The number of hydrogen-bond donors (Lipinski definition) is 1. The van der Waals surface area contributed by atoms with Gasteiger partial charge in [-0.05, 0) is 47.4 Å². The average molecular weight is 423 g/mol. The molecule has 4 rings (SSSR count). The summed E-state index contributed by atoms with van der Waals surface area (Å²) in [6, 6.07) is 15.5. The third-order valence-corrected chi connectivity index (χ3v) is 6.16. The van der Waals surface area contributed by atoms with Gasteiger partial charge in [-0.25, -0.2) is 4.98 Å². The Hall–Kier alpha value is -3.16. The zero-order valence-corrected chi connectivity index (χ0v) is 17.5. The molecule has 5 nitrogen and oxygen atoms in total. The highest BCUT2D eigenvalue weighted by atomic mass is 32.1. The van der Waals surface area contributed by atoms with Gasteiger partial charge in [0.1, 0.15) is 10.0 Å². The summed E-state index contributed by atoms with van der Waals surface area (Å²) in [7, 11) is 3.17. The van der Waals surface area contributed by atoms with Gasteiger partial charge in [0.05, 0.1) is 24.4 Å². The van der Waals surface area contributed by atoms with Crippen molar-refractivity contribution >= 4 is 49.9 Å². The third-order valence-electron chi connectivity index (χ3n) is 4.26. The molecule has 0 saturated carbocycles. The average Bonchev–Trinajstić information content (AvgIpc) is 3.38. The summed E-state index contributed by atoms with van der Waals surface area (Å²) in [5.74, 6) is 1.06. The number of carbonyl (C=O) groups excluding carboxylic acids is 1. The number of hydrogen-bond acceptors (Lipinski definition) is 6. The third kappa shape index (κ3) is 4.16. The van der Waals surface area contributed by atoms with Crippen molar-refractivity contribution in [3.05, 3.63) is 65.6 Å². The van der Waals surface area contributed by atoms with Crippen LogP contribution in [0.4, 0.5) is 5.00 Å². The second kappa shape index (κ2) is 8.46. The summed E-state index contributed by atoms with van der Waals surface area (Å²) in [5.41, 5.74) is 2.74. The van der Waals surface area contributed by atoms with Crippen LogP contribution >= 0.6 is 22.7 Å². The molecule has 2 heterocycles. The van der Waals surface area contributed by atoms with Crippen LogP contribution in [0.5, 0.6) is 11.5 Å². The second-order valence-electron chi connectivity index (χ2n) is 6.09. The first-order valence-electron chi connectivity index (χ1n) is 8.82. The fourth-order valence-electron chi connectivity index (χ4n) is 2.84. The highest BCUT2D eigenvalue weighted by molar-refractivity contribution is 7.22. The first-order chi connectivity index (χ1) is 14.2.